The number of hydrogen-bond acceptors (Lipinski definition) is 3. The average molecular weight is 386 g/mol. The Labute approximate surface area is 156 Å². The Balaban J connectivity index is 1.68. The number of carbonyl (C=O) groups is 1. The summed E-state index contributed by atoms with van der Waals surface area (Å²) in [5.41, 5.74) is 1.05. The fourth-order valence-corrected chi connectivity index (χ4v) is 4.98. The second kappa shape index (κ2) is 6.65. The van der Waals surface area contributed by atoms with E-state index in [0.717, 1.165) is 35.8 Å². The molecule has 1 amide bonds. The Morgan fingerprint density at radius 1 is 1.15 bits per heavy atom. The van der Waals surface area contributed by atoms with Crippen molar-refractivity contribution in [1.82, 2.24) is 4.31 Å². The molecule has 0 saturated heterocycles. The second-order valence-electron chi connectivity index (χ2n) is 7.05. The number of aryl methyl sites for hydroxylation is 1. The first-order valence-corrected chi connectivity index (χ1v) is 10.3. The molecule has 2 aromatic rings. The molecule has 0 aromatic heterocycles. The van der Waals surface area contributed by atoms with E-state index in [1.165, 1.54) is 16.4 Å². The Morgan fingerprint density at radius 2 is 1.85 bits per heavy atom. The van der Waals surface area contributed by atoms with Crippen LogP contribution in [0, 0.1) is 18.7 Å². The molecule has 2 aromatic carbocycles. The van der Waals surface area contributed by atoms with Gasteiger partial charge in [0.2, 0.25) is 10.0 Å². The van der Waals surface area contributed by atoms with E-state index in [-0.39, 0.29) is 23.4 Å². The van der Waals surface area contributed by atoms with Crippen LogP contribution in [0.3, 0.4) is 0 Å². The summed E-state index contributed by atoms with van der Waals surface area (Å²) < 4.78 is 40.7. The van der Waals surface area contributed by atoms with Crippen molar-refractivity contribution in [2.24, 2.45) is 10.9 Å². The minimum Gasteiger partial charge on any atom is -0.272 e. The Morgan fingerprint density at radius 3 is 2.52 bits per heavy atom. The predicted molar refractivity (Wildman–Crippen MR) is 98.2 cm³/mol. The van der Waals surface area contributed by atoms with Crippen LogP contribution in [0.2, 0.25) is 0 Å². The molecule has 0 spiro atoms. The van der Waals surface area contributed by atoms with Gasteiger partial charge in [-0.25, -0.2) is 17.8 Å². The second-order valence-corrected chi connectivity index (χ2v) is 8.94. The Hall–Kier alpha value is -2.38. The first-order chi connectivity index (χ1) is 12.8. The van der Waals surface area contributed by atoms with Crippen molar-refractivity contribution in [2.75, 3.05) is 6.54 Å². The molecule has 1 aliphatic carbocycles. The molecule has 1 atom stereocenters. The summed E-state index contributed by atoms with van der Waals surface area (Å²) in [6, 6.07) is 10.3. The van der Waals surface area contributed by atoms with Gasteiger partial charge in [-0.2, -0.15) is 4.31 Å². The molecule has 1 aliphatic heterocycles. The molecule has 140 valence electrons. The third-order valence-corrected chi connectivity index (χ3v) is 6.80. The predicted octanol–water partition coefficient (Wildman–Crippen LogP) is 1.54. The maximum Gasteiger partial charge on any atom is 0.254 e. The zero-order chi connectivity index (χ0) is 19.2. The van der Waals surface area contributed by atoms with Crippen LogP contribution in [-0.4, -0.2) is 31.2 Å². The van der Waals surface area contributed by atoms with E-state index in [9.17, 15) is 17.6 Å². The molecule has 1 saturated carbocycles. The zero-order valence-corrected chi connectivity index (χ0v) is 15.6. The van der Waals surface area contributed by atoms with Crippen LogP contribution in [0.25, 0.3) is 6.08 Å². The lowest BCUT2D eigenvalue weighted by molar-refractivity contribution is -0.120. The average Bonchev–Trinajstić information content (AvgIpc) is 3.45. The highest BCUT2D eigenvalue weighted by Crippen LogP contribution is 2.33. The highest BCUT2D eigenvalue weighted by Gasteiger charge is 2.40. The van der Waals surface area contributed by atoms with E-state index in [1.807, 2.05) is 19.1 Å². The minimum absolute atomic E-state index is 0.0345. The number of halogens is 1. The number of rotatable bonds is 5. The first kappa shape index (κ1) is 18.0. The number of amides is 1. The Bertz CT molecular complexity index is 1120. The van der Waals surface area contributed by atoms with Crippen LogP contribution in [0.15, 0.2) is 52.4 Å². The molecular weight excluding hydrogens is 367 g/mol. The van der Waals surface area contributed by atoms with Crippen LogP contribution >= 0.6 is 0 Å². The van der Waals surface area contributed by atoms with Gasteiger partial charge in [0.05, 0.1) is 16.2 Å². The normalized spacial score (nSPS) is 19.4. The monoisotopic (exact) mass is 386 g/mol. The van der Waals surface area contributed by atoms with Gasteiger partial charge in [-0.1, -0.05) is 23.8 Å². The molecule has 0 radical (unpaired) electrons. The van der Waals surface area contributed by atoms with Crippen molar-refractivity contribution in [3.63, 3.8) is 0 Å². The summed E-state index contributed by atoms with van der Waals surface area (Å²) >= 11 is 0. The summed E-state index contributed by atoms with van der Waals surface area (Å²) in [4.78, 5) is 16.6. The fraction of sp³-hybridized carbons (Fsp3) is 0.300. The van der Waals surface area contributed by atoms with Gasteiger partial charge in [-0.05, 0) is 55.3 Å². The highest BCUT2D eigenvalue weighted by molar-refractivity contribution is 7.89. The molecule has 4 rings (SSSR count). The van der Waals surface area contributed by atoms with Crippen LogP contribution in [0.1, 0.15) is 18.4 Å². The molecule has 0 bridgehead atoms. The summed E-state index contributed by atoms with van der Waals surface area (Å²) in [5.74, 6) is -1.46. The van der Waals surface area contributed by atoms with E-state index >= 15 is 0 Å². The van der Waals surface area contributed by atoms with Crippen LogP contribution in [-0.2, 0) is 14.8 Å². The highest BCUT2D eigenvalue weighted by atomic mass is 32.2. The quantitative estimate of drug-likeness (QED) is 0.783. The smallest absolute Gasteiger partial charge is 0.254 e. The summed E-state index contributed by atoms with van der Waals surface area (Å²) in [6.07, 6.45) is 3.32. The third kappa shape index (κ3) is 3.57. The number of benzene rings is 2. The molecule has 5 nitrogen and oxygen atoms in total. The molecule has 27 heavy (non-hydrogen) atoms. The van der Waals surface area contributed by atoms with E-state index in [1.54, 1.807) is 12.1 Å². The SMILES string of the molecule is Cc1ccc2c(c1)=CC(CN(C1CC1)S(=O)(=O)c1ccc(F)cc1)C(=O)N=2. The van der Waals surface area contributed by atoms with Gasteiger partial charge in [0.15, 0.2) is 0 Å². The van der Waals surface area contributed by atoms with E-state index in [0.29, 0.717) is 5.36 Å². The fourth-order valence-electron chi connectivity index (χ4n) is 3.27. The third-order valence-electron chi connectivity index (χ3n) is 4.86. The molecule has 1 unspecified atom stereocenters. The molecule has 2 aliphatic rings. The number of carbonyl (C=O) groups excluding carboxylic acids is 1. The van der Waals surface area contributed by atoms with Gasteiger partial charge >= 0.3 is 0 Å². The van der Waals surface area contributed by atoms with Gasteiger partial charge < -0.3 is 0 Å². The molecule has 1 fully saturated rings. The van der Waals surface area contributed by atoms with Gasteiger partial charge in [0, 0.05) is 12.6 Å². The van der Waals surface area contributed by atoms with E-state index in [2.05, 4.69) is 4.99 Å². The van der Waals surface area contributed by atoms with Gasteiger partial charge in [0.1, 0.15) is 5.82 Å². The molecule has 0 N–H and O–H groups in total. The van der Waals surface area contributed by atoms with Gasteiger partial charge in [-0.15, -0.1) is 0 Å². The topological polar surface area (TPSA) is 66.8 Å². The van der Waals surface area contributed by atoms with Crippen molar-refractivity contribution in [2.45, 2.75) is 30.7 Å². The number of fused-ring (bicyclic) bond motifs is 1. The van der Waals surface area contributed by atoms with Crippen molar-refractivity contribution in [1.29, 1.82) is 0 Å². The lowest BCUT2D eigenvalue weighted by Gasteiger charge is -2.25. The summed E-state index contributed by atoms with van der Waals surface area (Å²) in [6.45, 7) is 2.00. The molecule has 7 heteroatoms. The van der Waals surface area contributed by atoms with Crippen LogP contribution in [0.4, 0.5) is 4.39 Å². The minimum atomic E-state index is -3.81. The lowest BCUT2D eigenvalue weighted by atomic mass is 10.0. The number of hydrogen-bond donors (Lipinski definition) is 0. The maximum atomic E-state index is 13.2. The summed E-state index contributed by atoms with van der Waals surface area (Å²) in [7, 11) is -3.81. The van der Waals surface area contributed by atoms with Crippen molar-refractivity contribution in [3.05, 3.63) is 64.4 Å². The van der Waals surface area contributed by atoms with Crippen LogP contribution in [0.5, 0.6) is 0 Å². The first-order valence-electron chi connectivity index (χ1n) is 8.83. The van der Waals surface area contributed by atoms with Crippen LogP contribution < -0.4 is 10.6 Å². The van der Waals surface area contributed by atoms with E-state index < -0.39 is 21.8 Å². The molecular formula is C20H19FN2O3S. The Kier molecular flexibility index (Phi) is 4.44. The largest absolute Gasteiger partial charge is 0.272 e. The van der Waals surface area contributed by atoms with E-state index in [4.69, 9.17) is 0 Å². The zero-order valence-electron chi connectivity index (χ0n) is 14.8. The lowest BCUT2D eigenvalue weighted by Crippen LogP contribution is -2.42. The summed E-state index contributed by atoms with van der Waals surface area (Å²) in [5, 5.41) is 1.45. The van der Waals surface area contributed by atoms with Crippen molar-refractivity contribution < 1.29 is 17.6 Å². The number of nitrogens with zero attached hydrogens (tertiary/aromatic N) is 2. The van der Waals surface area contributed by atoms with Gasteiger partial charge in [0.25, 0.3) is 5.91 Å². The maximum absolute atomic E-state index is 13.2. The number of sulfonamides is 1. The van der Waals surface area contributed by atoms with Gasteiger partial charge in [-0.3, -0.25) is 4.79 Å². The standard InChI is InChI=1S/C20H19FN2O3S/c1-13-2-9-19-14(10-13)11-15(20(24)22-19)12-23(17-5-6-17)27(25,26)18-7-3-16(21)4-8-18/h2-4,7-11,15,17H,5-6,12H2,1H3. The van der Waals surface area contributed by atoms with Crippen molar-refractivity contribution in [3.8, 4) is 0 Å². The molecule has 1 heterocycles. The van der Waals surface area contributed by atoms with Crippen molar-refractivity contribution >= 4 is 22.0 Å².